The van der Waals surface area contributed by atoms with Crippen molar-refractivity contribution in [2.75, 3.05) is 37.6 Å². The molecule has 170 valence electrons. The van der Waals surface area contributed by atoms with Crippen molar-refractivity contribution < 1.29 is 0 Å². The number of para-hydroxylation sites is 1. The van der Waals surface area contributed by atoms with Crippen molar-refractivity contribution in [1.82, 2.24) is 29.4 Å². The number of hydrogen-bond acceptors (Lipinski definition) is 6. The van der Waals surface area contributed by atoms with Gasteiger partial charge in [0.2, 0.25) is 0 Å². The highest BCUT2D eigenvalue weighted by Crippen LogP contribution is 2.27. The SMILES string of the molecule is Cc1cc(N2CCN(CCn3nc(-n4nc(C)cc4C)ccc3=O)CC2)c2ccccc2n1. The van der Waals surface area contributed by atoms with Gasteiger partial charge < -0.3 is 4.90 Å². The monoisotopic (exact) mass is 443 g/mol. The van der Waals surface area contributed by atoms with Gasteiger partial charge in [0.25, 0.3) is 5.56 Å². The lowest BCUT2D eigenvalue weighted by Gasteiger charge is -2.36. The maximum Gasteiger partial charge on any atom is 0.266 e. The summed E-state index contributed by atoms with van der Waals surface area (Å²) in [5, 5.41) is 10.3. The van der Waals surface area contributed by atoms with Crippen LogP contribution in [0.15, 0.2) is 53.3 Å². The van der Waals surface area contributed by atoms with Gasteiger partial charge in [0.05, 0.1) is 17.8 Å². The smallest absolute Gasteiger partial charge is 0.266 e. The van der Waals surface area contributed by atoms with E-state index < -0.39 is 0 Å². The summed E-state index contributed by atoms with van der Waals surface area (Å²) >= 11 is 0. The van der Waals surface area contributed by atoms with Crippen LogP contribution in [0.25, 0.3) is 16.7 Å². The Bertz CT molecular complexity index is 1350. The van der Waals surface area contributed by atoms with Crippen molar-refractivity contribution >= 4 is 16.6 Å². The standard InChI is InChI=1S/C25H29N7O/c1-18-17-23(21-6-4-5-7-22(21)26-18)30-13-10-29(11-14-30)12-15-31-25(33)9-8-24(28-31)32-20(3)16-19(2)27-32/h4-9,16-17H,10-15H2,1-3H3. The van der Waals surface area contributed by atoms with E-state index in [1.165, 1.54) is 11.1 Å². The maximum atomic E-state index is 12.4. The largest absolute Gasteiger partial charge is 0.368 e. The lowest BCUT2D eigenvalue weighted by Crippen LogP contribution is -2.47. The lowest BCUT2D eigenvalue weighted by molar-refractivity contribution is 0.242. The molecule has 0 N–H and O–H groups in total. The Kier molecular flexibility index (Phi) is 5.68. The number of anilines is 1. The van der Waals surface area contributed by atoms with E-state index in [2.05, 4.69) is 56.2 Å². The van der Waals surface area contributed by atoms with Crippen LogP contribution < -0.4 is 10.5 Å². The molecule has 1 aliphatic rings. The molecular weight excluding hydrogens is 414 g/mol. The fourth-order valence-electron chi connectivity index (χ4n) is 4.57. The number of nitrogens with zero attached hydrogens (tertiary/aromatic N) is 7. The molecule has 4 heterocycles. The first-order chi connectivity index (χ1) is 16.0. The quantitative estimate of drug-likeness (QED) is 0.472. The van der Waals surface area contributed by atoms with Gasteiger partial charge in [-0.05, 0) is 45.0 Å². The van der Waals surface area contributed by atoms with Crippen LogP contribution in [0.3, 0.4) is 0 Å². The third kappa shape index (κ3) is 4.39. The molecule has 0 radical (unpaired) electrons. The molecule has 1 fully saturated rings. The zero-order valence-corrected chi connectivity index (χ0v) is 19.4. The Morgan fingerprint density at radius 3 is 2.39 bits per heavy atom. The van der Waals surface area contributed by atoms with E-state index in [0.29, 0.717) is 12.4 Å². The van der Waals surface area contributed by atoms with E-state index in [1.807, 2.05) is 26.0 Å². The van der Waals surface area contributed by atoms with Gasteiger partial charge in [0, 0.05) is 61.3 Å². The van der Waals surface area contributed by atoms with Gasteiger partial charge in [-0.2, -0.15) is 5.10 Å². The Morgan fingerprint density at radius 2 is 1.64 bits per heavy atom. The highest BCUT2D eigenvalue weighted by atomic mass is 16.1. The molecule has 0 saturated carbocycles. The van der Waals surface area contributed by atoms with Crippen LogP contribution in [0.4, 0.5) is 5.69 Å². The normalized spacial score (nSPS) is 14.8. The number of rotatable bonds is 5. The van der Waals surface area contributed by atoms with Gasteiger partial charge in [-0.1, -0.05) is 18.2 Å². The topological polar surface area (TPSA) is 72.1 Å². The van der Waals surface area contributed by atoms with Gasteiger partial charge in [0.1, 0.15) is 0 Å². The van der Waals surface area contributed by atoms with Crippen molar-refractivity contribution in [3.05, 3.63) is 76.0 Å². The molecule has 0 atom stereocenters. The summed E-state index contributed by atoms with van der Waals surface area (Å²) in [6.45, 7) is 11.1. The highest BCUT2D eigenvalue weighted by Gasteiger charge is 2.19. The molecule has 8 heteroatoms. The first-order valence-electron chi connectivity index (χ1n) is 11.4. The van der Waals surface area contributed by atoms with Gasteiger partial charge in [-0.3, -0.25) is 14.7 Å². The Labute approximate surface area is 193 Å². The maximum absolute atomic E-state index is 12.4. The Morgan fingerprint density at radius 1 is 0.848 bits per heavy atom. The molecule has 0 aliphatic carbocycles. The van der Waals surface area contributed by atoms with Gasteiger partial charge in [-0.25, -0.2) is 9.36 Å². The zero-order chi connectivity index (χ0) is 22.9. The van der Waals surface area contributed by atoms with Crippen LogP contribution in [0, 0.1) is 20.8 Å². The second-order valence-corrected chi connectivity index (χ2v) is 8.72. The van der Waals surface area contributed by atoms with Crippen LogP contribution in [-0.2, 0) is 6.54 Å². The van der Waals surface area contributed by atoms with Crippen LogP contribution >= 0.6 is 0 Å². The van der Waals surface area contributed by atoms with Crippen LogP contribution in [0.1, 0.15) is 17.1 Å². The summed E-state index contributed by atoms with van der Waals surface area (Å²) in [4.78, 5) is 21.9. The average molecular weight is 444 g/mol. The zero-order valence-electron chi connectivity index (χ0n) is 19.4. The van der Waals surface area contributed by atoms with Gasteiger partial charge in [0.15, 0.2) is 5.82 Å². The van der Waals surface area contributed by atoms with Crippen molar-refractivity contribution in [2.45, 2.75) is 27.3 Å². The first kappa shape index (κ1) is 21.3. The van der Waals surface area contributed by atoms with E-state index in [-0.39, 0.29) is 5.56 Å². The minimum absolute atomic E-state index is 0.0855. The minimum atomic E-state index is -0.0855. The summed E-state index contributed by atoms with van der Waals surface area (Å²) in [5.41, 5.74) is 5.19. The predicted molar refractivity (Wildman–Crippen MR) is 130 cm³/mol. The molecule has 5 rings (SSSR count). The summed E-state index contributed by atoms with van der Waals surface area (Å²) in [6, 6.07) is 15.8. The number of aryl methyl sites for hydroxylation is 3. The number of aromatic nitrogens is 5. The highest BCUT2D eigenvalue weighted by molar-refractivity contribution is 5.92. The molecule has 1 aromatic carbocycles. The molecule has 0 spiro atoms. The summed E-state index contributed by atoms with van der Waals surface area (Å²) in [6.07, 6.45) is 0. The minimum Gasteiger partial charge on any atom is -0.368 e. The van der Waals surface area contributed by atoms with E-state index in [1.54, 1.807) is 21.5 Å². The fraction of sp³-hybridized carbons (Fsp3) is 0.360. The van der Waals surface area contributed by atoms with Crippen molar-refractivity contribution in [1.29, 1.82) is 0 Å². The van der Waals surface area contributed by atoms with E-state index >= 15 is 0 Å². The molecular formula is C25H29N7O. The molecule has 0 amide bonds. The number of fused-ring (bicyclic) bond motifs is 1. The molecule has 33 heavy (non-hydrogen) atoms. The third-order valence-corrected chi connectivity index (χ3v) is 6.24. The molecule has 0 unspecified atom stereocenters. The second kappa shape index (κ2) is 8.78. The fourth-order valence-corrected chi connectivity index (χ4v) is 4.57. The van der Waals surface area contributed by atoms with Gasteiger partial charge >= 0.3 is 0 Å². The van der Waals surface area contributed by atoms with Crippen molar-refractivity contribution in [3.63, 3.8) is 0 Å². The van der Waals surface area contributed by atoms with Crippen LogP contribution in [0.5, 0.6) is 0 Å². The van der Waals surface area contributed by atoms with E-state index in [4.69, 9.17) is 0 Å². The lowest BCUT2D eigenvalue weighted by atomic mass is 10.1. The van der Waals surface area contributed by atoms with Gasteiger partial charge in [-0.15, -0.1) is 5.10 Å². The molecule has 4 aromatic rings. The predicted octanol–water partition coefficient (Wildman–Crippen LogP) is 2.72. The second-order valence-electron chi connectivity index (χ2n) is 8.72. The van der Waals surface area contributed by atoms with Crippen LogP contribution in [-0.4, -0.2) is 62.2 Å². The number of benzene rings is 1. The first-order valence-corrected chi connectivity index (χ1v) is 11.4. The molecule has 0 bridgehead atoms. The average Bonchev–Trinajstić information content (AvgIpc) is 3.16. The van der Waals surface area contributed by atoms with Crippen molar-refractivity contribution in [2.24, 2.45) is 0 Å². The molecule has 1 aliphatic heterocycles. The van der Waals surface area contributed by atoms with Crippen molar-refractivity contribution in [3.8, 4) is 5.82 Å². The summed E-state index contributed by atoms with van der Waals surface area (Å²) in [5.74, 6) is 0.671. The number of hydrogen-bond donors (Lipinski definition) is 0. The molecule has 8 nitrogen and oxygen atoms in total. The van der Waals surface area contributed by atoms with E-state index in [9.17, 15) is 4.79 Å². The Hall–Kier alpha value is -3.52. The van der Waals surface area contributed by atoms with Crippen LogP contribution in [0.2, 0.25) is 0 Å². The molecule has 1 saturated heterocycles. The number of pyridine rings is 1. The third-order valence-electron chi connectivity index (χ3n) is 6.24. The molecule has 3 aromatic heterocycles. The Balaban J connectivity index is 1.25. The summed E-state index contributed by atoms with van der Waals surface area (Å²) < 4.78 is 3.34. The number of piperazine rings is 1. The summed E-state index contributed by atoms with van der Waals surface area (Å²) in [7, 11) is 0. The van der Waals surface area contributed by atoms with E-state index in [0.717, 1.165) is 55.3 Å².